The number of rotatable bonds is 4. The van der Waals surface area contributed by atoms with Crippen molar-refractivity contribution >= 4 is 0 Å². The molecule has 0 heterocycles. The fourth-order valence-corrected chi connectivity index (χ4v) is 0.833. The first-order chi connectivity index (χ1) is 6.50. The van der Waals surface area contributed by atoms with Crippen LogP contribution < -0.4 is 0 Å². The Hall–Kier alpha value is -0.860. The molecule has 0 aromatic heterocycles. The Kier molecular flexibility index (Phi) is 2.71. The molecule has 1 aromatic carbocycles. The van der Waals surface area contributed by atoms with Gasteiger partial charge in [0.05, 0.1) is 22.0 Å². The van der Waals surface area contributed by atoms with Gasteiger partial charge in [0.15, 0.2) is 0 Å². The van der Waals surface area contributed by atoms with Gasteiger partial charge in [-0.3, -0.25) is 0 Å². The van der Waals surface area contributed by atoms with Gasteiger partial charge in [0.1, 0.15) is 0 Å². The van der Waals surface area contributed by atoms with Crippen molar-refractivity contribution in [2.24, 2.45) is 0 Å². The largest absolute Gasteiger partial charge is 0.394 e. The molecule has 12 heavy (non-hydrogen) atoms. The number of benzene rings is 1. The highest BCUT2D eigenvalue weighted by atomic mass is 16.5. The van der Waals surface area contributed by atoms with Crippen LogP contribution in [0.3, 0.4) is 0 Å². The summed E-state index contributed by atoms with van der Waals surface area (Å²) in [6, 6.07) is 9.45. The second-order valence-electron chi connectivity index (χ2n) is 2.57. The number of hydrogen-bond acceptors (Lipinski definition) is 2. The van der Waals surface area contributed by atoms with Crippen molar-refractivity contribution in [2.45, 2.75) is 19.6 Å². The van der Waals surface area contributed by atoms with E-state index in [9.17, 15) is 0 Å². The molecule has 0 aliphatic carbocycles. The van der Waals surface area contributed by atoms with Crippen LogP contribution in [0.4, 0.5) is 0 Å². The normalized spacial score (nSPS) is 16.5. The summed E-state index contributed by atoms with van der Waals surface area (Å²) in [5, 5.41) is 8.97. The van der Waals surface area contributed by atoms with Gasteiger partial charge in [-0.2, -0.15) is 0 Å². The zero-order valence-electron chi connectivity index (χ0n) is 9.03. The van der Waals surface area contributed by atoms with Crippen LogP contribution in [-0.4, -0.2) is 17.8 Å². The van der Waals surface area contributed by atoms with Gasteiger partial charge in [-0.15, -0.1) is 0 Å². The quantitative estimate of drug-likeness (QED) is 0.739. The van der Waals surface area contributed by atoms with Gasteiger partial charge in [-0.1, -0.05) is 30.3 Å². The summed E-state index contributed by atoms with van der Waals surface area (Å²) in [6.07, 6.45) is -0.831. The van der Waals surface area contributed by atoms with Crippen molar-refractivity contribution in [3.05, 3.63) is 35.9 Å². The molecular weight excluding hydrogens is 152 g/mol. The number of ether oxygens (including phenoxy) is 1. The molecule has 0 bridgehead atoms. The van der Waals surface area contributed by atoms with E-state index in [2.05, 4.69) is 0 Å². The third kappa shape index (κ3) is 3.03. The molecule has 0 aliphatic heterocycles. The van der Waals surface area contributed by atoms with Crippen molar-refractivity contribution < 1.29 is 12.6 Å². The van der Waals surface area contributed by atoms with Gasteiger partial charge in [-0.05, 0) is 12.5 Å². The molecular formula is C10H14O2. The van der Waals surface area contributed by atoms with Crippen LogP contribution in [0.2, 0.25) is 0 Å². The van der Waals surface area contributed by atoms with E-state index in [1.165, 1.54) is 6.92 Å². The lowest BCUT2D eigenvalue weighted by atomic mass is 10.2. The highest BCUT2D eigenvalue weighted by Gasteiger charge is 1.98. The van der Waals surface area contributed by atoms with Crippen LogP contribution in [0.15, 0.2) is 30.3 Å². The topological polar surface area (TPSA) is 29.5 Å². The van der Waals surface area contributed by atoms with Crippen molar-refractivity contribution in [3.63, 3.8) is 0 Å². The predicted molar refractivity (Wildman–Crippen MR) is 47.8 cm³/mol. The fourth-order valence-electron chi connectivity index (χ4n) is 0.833. The van der Waals surface area contributed by atoms with Crippen LogP contribution in [0.5, 0.6) is 0 Å². The van der Waals surface area contributed by atoms with E-state index in [-0.39, 0.29) is 0 Å². The van der Waals surface area contributed by atoms with E-state index < -0.39 is 12.7 Å². The van der Waals surface area contributed by atoms with Crippen molar-refractivity contribution in [2.75, 3.05) is 6.56 Å². The monoisotopic (exact) mass is 168 g/mol. The number of aliphatic hydroxyl groups is 1. The summed E-state index contributed by atoms with van der Waals surface area (Å²) >= 11 is 0. The zero-order valence-corrected chi connectivity index (χ0v) is 7.03. The summed E-state index contributed by atoms with van der Waals surface area (Å²) in [5.41, 5.74) is 0.962. The lowest BCUT2D eigenvalue weighted by molar-refractivity contribution is 0.0145. The van der Waals surface area contributed by atoms with E-state index >= 15 is 0 Å². The van der Waals surface area contributed by atoms with Crippen LogP contribution in [-0.2, 0) is 11.3 Å². The molecule has 2 heteroatoms. The van der Waals surface area contributed by atoms with Crippen molar-refractivity contribution in [3.8, 4) is 0 Å². The van der Waals surface area contributed by atoms with E-state index in [1.54, 1.807) is 0 Å². The Morgan fingerprint density at radius 3 is 2.75 bits per heavy atom. The molecule has 66 valence electrons. The molecule has 0 fully saturated rings. The lowest BCUT2D eigenvalue weighted by Crippen LogP contribution is -2.12. The average molecular weight is 168 g/mol. The van der Waals surface area contributed by atoms with Gasteiger partial charge in [0, 0.05) is 0 Å². The molecule has 1 atom stereocenters. The van der Waals surface area contributed by atoms with Crippen LogP contribution in [0, 0.1) is 0 Å². The smallest absolute Gasteiger partial charge is 0.0782 e. The van der Waals surface area contributed by atoms with E-state index in [0.717, 1.165) is 5.56 Å². The van der Waals surface area contributed by atoms with Gasteiger partial charge in [0.2, 0.25) is 0 Å². The fraction of sp³-hybridized carbons (Fsp3) is 0.400. The molecule has 1 rings (SSSR count). The van der Waals surface area contributed by atoms with E-state index in [0.29, 0.717) is 6.61 Å². The lowest BCUT2D eigenvalue weighted by Gasteiger charge is -2.09. The predicted octanol–water partition coefficient (Wildman–Crippen LogP) is 1.58. The van der Waals surface area contributed by atoms with Gasteiger partial charge < -0.3 is 9.84 Å². The summed E-state index contributed by atoms with van der Waals surface area (Å²) in [5.74, 6) is 0. The third-order valence-corrected chi connectivity index (χ3v) is 1.52. The highest BCUT2D eigenvalue weighted by molar-refractivity contribution is 5.13. The molecule has 0 saturated heterocycles. The van der Waals surface area contributed by atoms with Gasteiger partial charge >= 0.3 is 0 Å². The van der Waals surface area contributed by atoms with Crippen molar-refractivity contribution in [1.29, 1.82) is 0 Å². The minimum Gasteiger partial charge on any atom is -0.394 e. The van der Waals surface area contributed by atoms with Gasteiger partial charge in [0.25, 0.3) is 0 Å². The standard InChI is InChI=1S/C10H14O2/c1-9(7-11)12-8-10-5-3-2-4-6-10/h2-6,9,11H,7-8H2,1H3/t9-/m1/s1/i7D2. The Bertz CT molecular complexity index is 269. The highest BCUT2D eigenvalue weighted by Crippen LogP contribution is 2.02. The minimum absolute atomic E-state index is 0.308. The minimum atomic E-state index is -2.28. The van der Waals surface area contributed by atoms with Crippen LogP contribution in [0.25, 0.3) is 0 Å². The van der Waals surface area contributed by atoms with E-state index in [4.69, 9.17) is 12.6 Å². The number of hydrogen-bond donors (Lipinski definition) is 1. The van der Waals surface area contributed by atoms with E-state index in [1.807, 2.05) is 30.3 Å². The Balaban J connectivity index is 2.42. The molecule has 1 aromatic rings. The Labute approximate surface area is 75.6 Å². The summed E-state index contributed by atoms with van der Waals surface area (Å²) < 4.78 is 19.2. The first-order valence-electron chi connectivity index (χ1n) is 4.88. The average Bonchev–Trinajstić information content (AvgIpc) is 2.14. The summed E-state index contributed by atoms with van der Waals surface area (Å²) in [6.45, 7) is -0.472. The molecule has 0 unspecified atom stereocenters. The molecule has 0 aliphatic rings. The van der Waals surface area contributed by atoms with Crippen LogP contribution >= 0.6 is 0 Å². The SMILES string of the molecule is [2H]C([2H])(O)[C@@H](C)OCc1ccccc1. The molecule has 2 nitrogen and oxygen atoms in total. The van der Waals surface area contributed by atoms with Crippen LogP contribution in [0.1, 0.15) is 15.2 Å². The molecule has 0 spiro atoms. The molecule has 0 amide bonds. The third-order valence-electron chi connectivity index (χ3n) is 1.52. The second kappa shape index (κ2) is 4.91. The first kappa shape index (κ1) is 6.63. The van der Waals surface area contributed by atoms with Gasteiger partial charge in [-0.25, -0.2) is 0 Å². The van der Waals surface area contributed by atoms with Crippen molar-refractivity contribution in [1.82, 2.24) is 0 Å². The zero-order chi connectivity index (χ0) is 10.6. The maximum Gasteiger partial charge on any atom is 0.0782 e. The summed E-state index contributed by atoms with van der Waals surface area (Å²) in [7, 11) is 0. The Morgan fingerprint density at radius 1 is 1.50 bits per heavy atom. The molecule has 0 saturated carbocycles. The maximum absolute atomic E-state index is 8.97. The molecule has 0 radical (unpaired) electrons. The summed E-state index contributed by atoms with van der Waals surface area (Å²) in [4.78, 5) is 0. The first-order valence-corrected chi connectivity index (χ1v) is 3.88. The maximum atomic E-state index is 8.97. The molecule has 1 N–H and O–H groups in total. The second-order valence-corrected chi connectivity index (χ2v) is 2.57. The Morgan fingerprint density at radius 2 is 2.17 bits per heavy atom.